The fraction of sp³-hybridized carbons (Fsp3) is 0.407. The van der Waals surface area contributed by atoms with E-state index in [1.807, 2.05) is 57.6 Å². The lowest BCUT2D eigenvalue weighted by Gasteiger charge is -2.39. The van der Waals surface area contributed by atoms with Crippen LogP contribution in [0, 0.1) is 13.8 Å². The summed E-state index contributed by atoms with van der Waals surface area (Å²) in [6, 6.07) is 8.04. The number of anilines is 3. The molecule has 0 radical (unpaired) electrons. The van der Waals surface area contributed by atoms with Gasteiger partial charge in [0.1, 0.15) is 17.1 Å². The lowest BCUT2D eigenvalue weighted by atomic mass is 9.93. The Bertz CT molecular complexity index is 1410. The molecular weight excluding hydrogens is 454 g/mol. The summed E-state index contributed by atoms with van der Waals surface area (Å²) in [6.45, 7) is 7.90. The molecule has 1 aliphatic heterocycles. The fourth-order valence-electron chi connectivity index (χ4n) is 4.67. The Morgan fingerprint density at radius 1 is 1.00 bits per heavy atom. The second kappa shape index (κ2) is 9.39. The molecule has 4 heterocycles. The first-order valence-corrected chi connectivity index (χ1v) is 12.2. The van der Waals surface area contributed by atoms with Crippen LogP contribution in [0.15, 0.2) is 36.7 Å². The summed E-state index contributed by atoms with van der Waals surface area (Å²) < 4.78 is 13.5. The largest absolute Gasteiger partial charge is 0.495 e. The van der Waals surface area contributed by atoms with Crippen LogP contribution in [-0.4, -0.2) is 57.4 Å². The number of ether oxygens (including phenoxy) is 2. The van der Waals surface area contributed by atoms with Crippen LogP contribution in [0.4, 0.5) is 17.5 Å². The number of aromatic nitrogens is 5. The highest BCUT2D eigenvalue weighted by Gasteiger charge is 2.31. The van der Waals surface area contributed by atoms with Crippen molar-refractivity contribution in [2.45, 2.75) is 39.2 Å². The smallest absolute Gasteiger partial charge is 0.227 e. The van der Waals surface area contributed by atoms with Crippen molar-refractivity contribution in [3.63, 3.8) is 0 Å². The van der Waals surface area contributed by atoms with Crippen LogP contribution >= 0.6 is 0 Å². The maximum absolute atomic E-state index is 5.73. The minimum absolute atomic E-state index is 0.0886. The molecule has 0 bridgehead atoms. The first-order chi connectivity index (χ1) is 17.3. The van der Waals surface area contributed by atoms with Gasteiger partial charge in [0, 0.05) is 50.1 Å². The van der Waals surface area contributed by atoms with E-state index in [0.29, 0.717) is 11.7 Å². The highest BCUT2D eigenvalue weighted by atomic mass is 16.5. The van der Waals surface area contributed by atoms with Crippen molar-refractivity contribution >= 4 is 28.4 Å². The SMILES string of the molecule is COc1cc(-c2cnc(C)n2C)ccc1Nc1ncc2cc(C)nc(N3CCC(C)(OC)CC3)c2n1. The lowest BCUT2D eigenvalue weighted by Crippen LogP contribution is -2.44. The highest BCUT2D eigenvalue weighted by molar-refractivity contribution is 5.89. The summed E-state index contributed by atoms with van der Waals surface area (Å²) in [7, 11) is 5.46. The van der Waals surface area contributed by atoms with E-state index in [9.17, 15) is 0 Å². The normalized spacial score (nSPS) is 15.3. The van der Waals surface area contributed by atoms with E-state index in [-0.39, 0.29) is 5.60 Å². The molecule has 9 nitrogen and oxygen atoms in total. The van der Waals surface area contributed by atoms with E-state index in [1.165, 1.54) is 0 Å². The van der Waals surface area contributed by atoms with Crippen LogP contribution in [0.3, 0.4) is 0 Å². The van der Waals surface area contributed by atoms with E-state index in [4.69, 9.17) is 19.4 Å². The Morgan fingerprint density at radius 2 is 1.78 bits per heavy atom. The van der Waals surface area contributed by atoms with Gasteiger partial charge in [0.05, 0.1) is 30.3 Å². The van der Waals surface area contributed by atoms with Gasteiger partial charge in [-0.1, -0.05) is 6.07 Å². The molecule has 1 aromatic carbocycles. The van der Waals surface area contributed by atoms with E-state index in [2.05, 4.69) is 31.7 Å². The van der Waals surface area contributed by atoms with E-state index in [0.717, 1.165) is 71.1 Å². The van der Waals surface area contributed by atoms with Gasteiger partial charge in [0.15, 0.2) is 5.82 Å². The topological polar surface area (TPSA) is 90.2 Å². The number of nitrogens with one attached hydrogen (secondary N) is 1. The van der Waals surface area contributed by atoms with Gasteiger partial charge in [-0.15, -0.1) is 0 Å². The van der Waals surface area contributed by atoms with Crippen LogP contribution in [0.1, 0.15) is 31.3 Å². The van der Waals surface area contributed by atoms with Crippen LogP contribution in [0.5, 0.6) is 5.75 Å². The van der Waals surface area contributed by atoms with Gasteiger partial charge in [-0.05, 0) is 51.8 Å². The second-order valence-electron chi connectivity index (χ2n) is 9.65. The Kier molecular flexibility index (Phi) is 6.26. The van der Waals surface area contributed by atoms with Gasteiger partial charge in [-0.25, -0.2) is 19.9 Å². The quantitative estimate of drug-likeness (QED) is 0.415. The second-order valence-corrected chi connectivity index (χ2v) is 9.65. The zero-order valence-electron chi connectivity index (χ0n) is 21.8. The van der Waals surface area contributed by atoms with Gasteiger partial charge in [-0.3, -0.25) is 0 Å². The number of imidazole rings is 1. The molecule has 1 aliphatic rings. The van der Waals surface area contributed by atoms with E-state index < -0.39 is 0 Å². The third-order valence-electron chi connectivity index (χ3n) is 7.25. The van der Waals surface area contributed by atoms with Crippen LogP contribution < -0.4 is 15.0 Å². The Morgan fingerprint density at radius 3 is 2.44 bits per heavy atom. The van der Waals surface area contributed by atoms with Crippen molar-refractivity contribution in [2.24, 2.45) is 7.05 Å². The summed E-state index contributed by atoms with van der Waals surface area (Å²) in [6.07, 6.45) is 5.61. The van der Waals surface area contributed by atoms with Crippen molar-refractivity contribution < 1.29 is 9.47 Å². The molecule has 0 aliphatic carbocycles. The summed E-state index contributed by atoms with van der Waals surface area (Å²) in [5, 5.41) is 4.31. The van der Waals surface area contributed by atoms with E-state index in [1.54, 1.807) is 14.2 Å². The van der Waals surface area contributed by atoms with E-state index >= 15 is 0 Å². The van der Waals surface area contributed by atoms with Gasteiger partial charge >= 0.3 is 0 Å². The maximum Gasteiger partial charge on any atom is 0.227 e. The Balaban J connectivity index is 1.46. The molecule has 36 heavy (non-hydrogen) atoms. The first-order valence-electron chi connectivity index (χ1n) is 12.2. The minimum Gasteiger partial charge on any atom is -0.495 e. The number of rotatable bonds is 6. The molecule has 3 aromatic heterocycles. The number of methoxy groups -OCH3 is 2. The van der Waals surface area contributed by atoms with Crippen LogP contribution in [0.2, 0.25) is 0 Å². The lowest BCUT2D eigenvalue weighted by molar-refractivity contribution is -0.0133. The molecule has 1 saturated heterocycles. The number of hydrogen-bond acceptors (Lipinski definition) is 8. The van der Waals surface area contributed by atoms with Crippen molar-refractivity contribution in [2.75, 3.05) is 37.5 Å². The average molecular weight is 488 g/mol. The fourth-order valence-corrected chi connectivity index (χ4v) is 4.67. The molecule has 4 aromatic rings. The highest BCUT2D eigenvalue weighted by Crippen LogP contribution is 2.34. The third kappa shape index (κ3) is 4.46. The number of aryl methyl sites for hydroxylation is 2. The van der Waals surface area contributed by atoms with Gasteiger partial charge < -0.3 is 24.3 Å². The van der Waals surface area contributed by atoms with Gasteiger partial charge in [0.25, 0.3) is 0 Å². The zero-order valence-corrected chi connectivity index (χ0v) is 21.8. The average Bonchev–Trinajstić information content (AvgIpc) is 3.22. The number of nitrogens with zero attached hydrogens (tertiary/aromatic N) is 6. The van der Waals surface area contributed by atoms with Crippen LogP contribution in [0.25, 0.3) is 22.2 Å². The molecule has 0 atom stereocenters. The zero-order chi connectivity index (χ0) is 25.4. The monoisotopic (exact) mass is 487 g/mol. The summed E-state index contributed by atoms with van der Waals surface area (Å²) >= 11 is 0. The molecule has 9 heteroatoms. The molecule has 5 rings (SSSR count). The first kappa shape index (κ1) is 24.0. The number of pyridine rings is 1. The summed E-state index contributed by atoms with van der Waals surface area (Å²) in [5.74, 6) is 3.04. The van der Waals surface area contributed by atoms with Gasteiger partial charge in [0.2, 0.25) is 5.95 Å². The van der Waals surface area contributed by atoms with Crippen molar-refractivity contribution in [3.8, 4) is 17.0 Å². The number of hydrogen-bond donors (Lipinski definition) is 1. The molecular formula is C27H33N7O2. The maximum atomic E-state index is 5.73. The number of piperidine rings is 1. The third-order valence-corrected chi connectivity index (χ3v) is 7.25. The minimum atomic E-state index is -0.0886. The summed E-state index contributed by atoms with van der Waals surface area (Å²) in [5.41, 5.74) is 4.53. The van der Waals surface area contributed by atoms with Gasteiger partial charge in [-0.2, -0.15) is 0 Å². The number of fused-ring (bicyclic) bond motifs is 1. The predicted octanol–water partition coefficient (Wildman–Crippen LogP) is 4.80. The molecule has 0 saturated carbocycles. The molecule has 1 fully saturated rings. The molecule has 0 unspecified atom stereocenters. The molecule has 1 N–H and O–H groups in total. The molecule has 0 amide bonds. The predicted molar refractivity (Wildman–Crippen MR) is 142 cm³/mol. The van der Waals surface area contributed by atoms with Crippen molar-refractivity contribution in [1.82, 2.24) is 24.5 Å². The van der Waals surface area contributed by atoms with Crippen LogP contribution in [-0.2, 0) is 11.8 Å². The molecule has 188 valence electrons. The van der Waals surface area contributed by atoms with Crippen molar-refractivity contribution in [1.29, 1.82) is 0 Å². The Hall–Kier alpha value is -3.72. The molecule has 0 spiro atoms. The Labute approximate surface area is 211 Å². The van der Waals surface area contributed by atoms with Crippen molar-refractivity contribution in [3.05, 3.63) is 48.2 Å². The standard InChI is InChI=1S/C27H33N7O2/c1-17-13-20-15-29-26(32-24(20)25(30-17)34-11-9-27(3,36-6)10-12-34)31-21-8-7-19(14-23(21)35-5)22-16-28-18(2)33(22)4/h7-8,13-16H,9-12H2,1-6H3,(H,29,31,32). The summed E-state index contributed by atoms with van der Waals surface area (Å²) in [4.78, 5) is 21.0. The number of benzene rings is 1.